The van der Waals surface area contributed by atoms with Gasteiger partial charge in [0, 0.05) is 0 Å². The predicted molar refractivity (Wildman–Crippen MR) is 42.5 cm³/mol. The van der Waals surface area contributed by atoms with Crippen LogP contribution in [-0.4, -0.2) is 17.6 Å². The summed E-state index contributed by atoms with van der Waals surface area (Å²) in [6, 6.07) is -0.333. The first-order valence-corrected chi connectivity index (χ1v) is 5.33. The highest BCUT2D eigenvalue weighted by atomic mass is 35.5. The monoisotopic (exact) mass is 202 g/mol. The van der Waals surface area contributed by atoms with Gasteiger partial charge in [-0.2, -0.15) is 0 Å². The van der Waals surface area contributed by atoms with E-state index in [1.165, 1.54) is 0 Å². The highest BCUT2D eigenvalue weighted by Gasteiger charge is 2.19. The maximum Gasteiger partial charge on any atom is 0.473 e. The topological polar surface area (TPSA) is 55.8 Å². The molecule has 0 aromatic carbocycles. The molecule has 0 aliphatic rings. The minimum atomic E-state index is -3.85. The zero-order valence-corrected chi connectivity index (χ0v) is 7.98. The number of phosphoric ester groups is 1. The summed E-state index contributed by atoms with van der Waals surface area (Å²) >= 11 is 5.06. The molecule has 0 fully saturated rings. The summed E-state index contributed by atoms with van der Waals surface area (Å²) in [6.07, 6.45) is 1.64. The smallest absolute Gasteiger partial charge is 0.302 e. The second-order valence-electron chi connectivity index (χ2n) is 1.89. The van der Waals surface area contributed by atoms with E-state index in [1.807, 2.05) is 6.92 Å². The average molecular weight is 203 g/mol. The maximum absolute atomic E-state index is 10.7. The van der Waals surface area contributed by atoms with Crippen LogP contribution >= 0.6 is 19.4 Å². The van der Waals surface area contributed by atoms with Crippen LogP contribution in [-0.2, 0) is 13.6 Å². The molecule has 0 amide bonds. The van der Waals surface area contributed by atoms with Gasteiger partial charge in [-0.1, -0.05) is 24.9 Å². The van der Waals surface area contributed by atoms with E-state index in [1.54, 1.807) is 0 Å². The molecule has 6 heteroatoms. The Hall–Kier alpha value is 0.400. The van der Waals surface area contributed by atoms with Crippen LogP contribution in [0, 0.1) is 0 Å². The molecule has 1 N–H and O–H groups in total. The van der Waals surface area contributed by atoms with Gasteiger partial charge in [0.05, 0.1) is 6.61 Å². The number of rotatable bonds is 6. The third-order valence-electron chi connectivity index (χ3n) is 0.964. The first-order valence-electron chi connectivity index (χ1n) is 3.30. The van der Waals surface area contributed by atoms with Crippen molar-refractivity contribution in [3.63, 3.8) is 0 Å². The fourth-order valence-electron chi connectivity index (χ4n) is 0.423. The van der Waals surface area contributed by atoms with Crippen molar-refractivity contribution < 1.29 is 18.5 Å². The molecular formula is C5H12ClO4P. The lowest BCUT2D eigenvalue weighted by Crippen LogP contribution is -1.95. The van der Waals surface area contributed by atoms with Crippen molar-refractivity contribution in [3.05, 3.63) is 0 Å². The van der Waals surface area contributed by atoms with Gasteiger partial charge in [0.15, 0.2) is 0 Å². The molecule has 1 atom stereocenters. The lowest BCUT2D eigenvalue weighted by atomic mass is 10.4. The van der Waals surface area contributed by atoms with Crippen molar-refractivity contribution in [3.8, 4) is 0 Å². The summed E-state index contributed by atoms with van der Waals surface area (Å²) in [6.45, 7) is 2.18. The largest absolute Gasteiger partial charge is 0.473 e. The van der Waals surface area contributed by atoms with Crippen LogP contribution in [0.15, 0.2) is 0 Å². The van der Waals surface area contributed by atoms with Crippen LogP contribution in [0.1, 0.15) is 19.8 Å². The number of alkyl halides is 1. The number of phosphoric acid groups is 1. The molecule has 0 aliphatic heterocycles. The number of hydrogen-bond donors (Lipinski definition) is 1. The molecule has 0 saturated carbocycles. The molecule has 0 rings (SSSR count). The summed E-state index contributed by atoms with van der Waals surface area (Å²) in [5, 5.41) is 0. The van der Waals surface area contributed by atoms with Crippen molar-refractivity contribution in [2.24, 2.45) is 0 Å². The Kier molecular flexibility index (Phi) is 6.19. The summed E-state index contributed by atoms with van der Waals surface area (Å²) in [7, 11) is -3.85. The fraction of sp³-hybridized carbons (Fsp3) is 1.00. The van der Waals surface area contributed by atoms with Crippen molar-refractivity contribution in [2.45, 2.75) is 19.8 Å². The van der Waals surface area contributed by atoms with E-state index in [9.17, 15) is 4.57 Å². The average Bonchev–Trinajstić information content (AvgIpc) is 1.87. The van der Waals surface area contributed by atoms with Gasteiger partial charge in [-0.15, -0.1) is 0 Å². The van der Waals surface area contributed by atoms with Gasteiger partial charge in [0.1, 0.15) is 6.07 Å². The minimum absolute atomic E-state index is 0.223. The molecule has 1 unspecified atom stereocenters. The first kappa shape index (κ1) is 11.4. The van der Waals surface area contributed by atoms with Gasteiger partial charge in [0.2, 0.25) is 0 Å². The van der Waals surface area contributed by atoms with E-state index in [4.69, 9.17) is 16.5 Å². The molecule has 0 heterocycles. The summed E-state index contributed by atoms with van der Waals surface area (Å²) in [4.78, 5) is 8.77. The van der Waals surface area contributed by atoms with Crippen LogP contribution in [0.3, 0.4) is 0 Å². The van der Waals surface area contributed by atoms with Crippen molar-refractivity contribution in [1.29, 1.82) is 0 Å². The molecule has 0 aromatic rings. The summed E-state index contributed by atoms with van der Waals surface area (Å²) in [5.41, 5.74) is 0. The Labute approximate surface area is 71.1 Å². The molecule has 0 aliphatic carbocycles. The van der Waals surface area contributed by atoms with Crippen LogP contribution in [0.4, 0.5) is 0 Å². The molecule has 0 bridgehead atoms. The van der Waals surface area contributed by atoms with Gasteiger partial charge < -0.3 is 4.89 Å². The number of unbranched alkanes of at least 4 members (excludes halogenated alkanes) is 1. The summed E-state index contributed by atoms with van der Waals surface area (Å²) < 4.78 is 19.5. The fourth-order valence-corrected chi connectivity index (χ4v) is 1.35. The third-order valence-corrected chi connectivity index (χ3v) is 2.19. The van der Waals surface area contributed by atoms with Crippen molar-refractivity contribution in [2.75, 3.05) is 12.7 Å². The number of halogens is 1. The quantitative estimate of drug-likeness (QED) is 0.407. The molecule has 68 valence electrons. The lowest BCUT2D eigenvalue weighted by Gasteiger charge is -2.08. The van der Waals surface area contributed by atoms with Gasteiger partial charge in [-0.05, 0) is 6.42 Å². The SMILES string of the molecule is CCCCOP(=O)(O)OCCl. The molecule has 4 nitrogen and oxygen atoms in total. The third kappa shape index (κ3) is 6.78. The Morgan fingerprint density at radius 1 is 1.55 bits per heavy atom. The summed E-state index contributed by atoms with van der Waals surface area (Å²) in [5.74, 6) is 0. The van der Waals surface area contributed by atoms with Gasteiger partial charge in [-0.3, -0.25) is 9.05 Å². The van der Waals surface area contributed by atoms with Crippen molar-refractivity contribution in [1.82, 2.24) is 0 Å². The van der Waals surface area contributed by atoms with E-state index in [0.29, 0.717) is 0 Å². The maximum atomic E-state index is 10.7. The van der Waals surface area contributed by atoms with E-state index in [2.05, 4.69) is 9.05 Å². The minimum Gasteiger partial charge on any atom is -0.302 e. The molecule has 11 heavy (non-hydrogen) atoms. The van der Waals surface area contributed by atoms with Gasteiger partial charge in [-0.25, -0.2) is 4.57 Å². The second-order valence-corrected chi connectivity index (χ2v) is 3.57. The van der Waals surface area contributed by atoms with Crippen LogP contribution in [0.25, 0.3) is 0 Å². The molecule has 0 aromatic heterocycles. The molecular weight excluding hydrogens is 190 g/mol. The van der Waals surface area contributed by atoms with Gasteiger partial charge in [0.25, 0.3) is 0 Å². The lowest BCUT2D eigenvalue weighted by molar-refractivity contribution is 0.165. The zero-order valence-electron chi connectivity index (χ0n) is 6.33. The Morgan fingerprint density at radius 3 is 2.64 bits per heavy atom. The highest BCUT2D eigenvalue weighted by Crippen LogP contribution is 2.43. The first-order chi connectivity index (χ1) is 5.12. The Morgan fingerprint density at radius 2 is 2.18 bits per heavy atom. The van der Waals surface area contributed by atoms with Crippen LogP contribution in [0.5, 0.6) is 0 Å². The van der Waals surface area contributed by atoms with E-state index in [-0.39, 0.29) is 12.7 Å². The molecule has 0 spiro atoms. The van der Waals surface area contributed by atoms with Crippen LogP contribution in [0.2, 0.25) is 0 Å². The Balaban J connectivity index is 3.47. The highest BCUT2D eigenvalue weighted by molar-refractivity contribution is 7.47. The van der Waals surface area contributed by atoms with E-state index < -0.39 is 7.82 Å². The van der Waals surface area contributed by atoms with E-state index in [0.717, 1.165) is 12.8 Å². The normalized spacial score (nSPS) is 16.3. The predicted octanol–water partition coefficient (Wildman–Crippen LogP) is 2.12. The zero-order chi connectivity index (χ0) is 8.74. The van der Waals surface area contributed by atoms with Gasteiger partial charge >= 0.3 is 7.82 Å². The Bertz CT molecular complexity index is 140. The standard InChI is InChI=1S/C5H12ClO4P/c1-2-3-4-9-11(7,8)10-5-6/h2-5H2,1H3,(H,7,8). The van der Waals surface area contributed by atoms with Crippen molar-refractivity contribution >= 4 is 19.4 Å². The van der Waals surface area contributed by atoms with E-state index >= 15 is 0 Å². The molecule has 0 radical (unpaired) electrons. The number of hydrogen-bond acceptors (Lipinski definition) is 3. The van der Waals surface area contributed by atoms with Crippen LogP contribution < -0.4 is 0 Å². The molecule has 0 saturated heterocycles. The second kappa shape index (κ2) is 5.98.